The van der Waals surface area contributed by atoms with Gasteiger partial charge in [0.25, 0.3) is 23.6 Å². The van der Waals surface area contributed by atoms with Crippen LogP contribution in [-0.4, -0.2) is 132 Å². The minimum Gasteiger partial charge on any atom is -0.448 e. The van der Waals surface area contributed by atoms with Crippen LogP contribution in [0.5, 0.6) is 0 Å². The molecule has 4 aromatic carbocycles. The summed E-state index contributed by atoms with van der Waals surface area (Å²) in [5, 5.41) is 9.67. The first-order chi connectivity index (χ1) is 35.3. The van der Waals surface area contributed by atoms with Gasteiger partial charge in [0, 0.05) is 40.5 Å². The normalized spacial score (nSPS) is 14.3. The quantitative estimate of drug-likeness (QED) is 0.0344. The fraction of sp³-hybridized carbons (Fsp3) is 0.429. The Balaban J connectivity index is 0.000000591. The van der Waals surface area contributed by atoms with E-state index < -0.39 is 41.3 Å². The zero-order valence-corrected chi connectivity index (χ0v) is 48.2. The first kappa shape index (κ1) is 68.8. The Hall–Kier alpha value is -6.19. The maximum atomic E-state index is 12.4. The standard InChI is InChI=1S/C22H20N2O6.C22H24N2O5.C6H16Si.C5H9ClO2.CH4.2H2S/c25-19-16-9-4-5-10-17(16)20(26)23(19)12-6-11-18-21(27)30-14-24(18)22(28)29-13-15-7-2-1-3-8-15;1-23(22(28)29-15-16-8-3-2-4-9-16)17(14-25)10-7-13-24-20(26)18-11-5-6-12-19(18)21(24)27;1-4-7(5-2)6-3;1-5(2,3)8-4(6)7;;;/h1-5,7-10,18H,6,11-14H2;2-6,8-9,11-12,17,25H,7,10,13-15H2,1H3;7H,4-6H2,1-3H3;1-3H3;1H4;2*1H2/t18-;17-;;;;;/m00...../s1. The minimum absolute atomic E-state index is 0. The second kappa shape index (κ2) is 34.5. The largest absolute Gasteiger partial charge is 0.448 e. The van der Waals surface area contributed by atoms with Crippen LogP contribution in [0, 0.1) is 0 Å². The number of benzene rings is 4. The predicted molar refractivity (Wildman–Crippen MR) is 309 cm³/mol. The molecule has 422 valence electrons. The van der Waals surface area contributed by atoms with Crippen LogP contribution in [-0.2, 0) is 37.0 Å². The molecular weight excluding hydrogens is 1060 g/mol. The van der Waals surface area contributed by atoms with Crippen LogP contribution in [0.4, 0.5) is 14.4 Å². The molecule has 77 heavy (non-hydrogen) atoms. The van der Waals surface area contributed by atoms with Crippen LogP contribution in [0.1, 0.15) is 127 Å². The van der Waals surface area contributed by atoms with Crippen LogP contribution in [0.25, 0.3) is 0 Å². The molecule has 1 fully saturated rings. The summed E-state index contributed by atoms with van der Waals surface area (Å²) in [4.78, 5) is 101. The van der Waals surface area contributed by atoms with E-state index >= 15 is 0 Å². The fourth-order valence-corrected chi connectivity index (χ4v) is 9.96. The molecule has 0 saturated carbocycles. The van der Waals surface area contributed by atoms with Crippen LogP contribution in [0.3, 0.4) is 0 Å². The predicted octanol–water partition coefficient (Wildman–Crippen LogP) is 10.6. The van der Waals surface area contributed by atoms with Gasteiger partial charge in [-0.25, -0.2) is 19.2 Å². The van der Waals surface area contributed by atoms with E-state index in [0.717, 1.165) is 11.1 Å². The van der Waals surface area contributed by atoms with Crippen molar-refractivity contribution in [3.63, 3.8) is 0 Å². The molecule has 6 amide bonds. The second-order valence-electron chi connectivity index (χ2n) is 18.5. The molecule has 7 rings (SSSR count). The number of aliphatic hydroxyl groups excluding tert-OH is 1. The number of fused-ring (bicyclic) bond motifs is 2. The van der Waals surface area contributed by atoms with Crippen molar-refractivity contribution in [1.82, 2.24) is 19.6 Å². The lowest BCUT2D eigenvalue weighted by molar-refractivity contribution is -0.139. The van der Waals surface area contributed by atoms with E-state index in [4.69, 9.17) is 25.8 Å². The average Bonchev–Trinajstić information content (AvgIpc) is 3.97. The third kappa shape index (κ3) is 20.9. The Kier molecular flexibility index (Phi) is 30.9. The number of aliphatic hydroxyl groups is 1. The van der Waals surface area contributed by atoms with Gasteiger partial charge in [-0.05, 0) is 81.8 Å². The number of esters is 1. The number of rotatable bonds is 17. The minimum atomic E-state index is -0.802. The maximum Gasteiger partial charge on any atom is 0.413 e. The lowest BCUT2D eigenvalue weighted by Gasteiger charge is -2.26. The third-order valence-electron chi connectivity index (χ3n) is 12.3. The first-order valence-electron chi connectivity index (χ1n) is 24.8. The molecule has 1 saturated heterocycles. The Labute approximate surface area is 474 Å². The zero-order valence-electron chi connectivity index (χ0n) is 44.3. The zero-order chi connectivity index (χ0) is 54.4. The second-order valence-corrected chi connectivity index (χ2v) is 23.0. The Morgan fingerprint density at radius 3 is 1.45 bits per heavy atom. The Morgan fingerprint density at radius 2 is 1.09 bits per heavy atom. The van der Waals surface area contributed by atoms with Gasteiger partial charge < -0.3 is 29.0 Å². The van der Waals surface area contributed by atoms with Crippen molar-refractivity contribution in [3.05, 3.63) is 143 Å². The highest BCUT2D eigenvalue weighted by Gasteiger charge is 2.40. The van der Waals surface area contributed by atoms with E-state index in [9.17, 15) is 43.5 Å². The van der Waals surface area contributed by atoms with Gasteiger partial charge in [0.05, 0.1) is 34.9 Å². The van der Waals surface area contributed by atoms with Gasteiger partial charge in [-0.2, -0.15) is 27.0 Å². The van der Waals surface area contributed by atoms with E-state index in [-0.39, 0.29) is 113 Å². The van der Waals surface area contributed by atoms with Crippen LogP contribution in [0.15, 0.2) is 109 Å². The number of hydrogen-bond acceptors (Lipinski definition) is 13. The molecule has 3 aliphatic heterocycles. The van der Waals surface area contributed by atoms with Crippen molar-refractivity contribution >= 4 is 94.6 Å². The number of hydrogen-bond donors (Lipinski definition) is 1. The number of halogens is 1. The molecule has 0 spiro atoms. The summed E-state index contributed by atoms with van der Waals surface area (Å²) in [6.45, 7) is 12.5. The molecule has 0 unspecified atom stereocenters. The van der Waals surface area contributed by atoms with Crippen molar-refractivity contribution in [3.8, 4) is 0 Å². The molecule has 4 aromatic rings. The highest BCUT2D eigenvalue weighted by atomic mass is 35.5. The van der Waals surface area contributed by atoms with Gasteiger partial charge >= 0.3 is 23.6 Å². The van der Waals surface area contributed by atoms with Crippen molar-refractivity contribution in [1.29, 1.82) is 0 Å². The van der Waals surface area contributed by atoms with E-state index in [0.29, 0.717) is 41.5 Å². The summed E-state index contributed by atoms with van der Waals surface area (Å²) in [6, 6.07) is 35.1. The average molecular weight is 1140 g/mol. The third-order valence-corrected chi connectivity index (χ3v) is 15.9. The molecule has 0 radical (unpaired) electrons. The van der Waals surface area contributed by atoms with E-state index in [2.05, 4.69) is 25.5 Å². The smallest absolute Gasteiger partial charge is 0.413 e. The number of imide groups is 2. The van der Waals surface area contributed by atoms with E-state index in [1.165, 1.54) is 37.7 Å². The molecule has 21 heteroatoms. The lowest BCUT2D eigenvalue weighted by Crippen LogP contribution is -2.40. The molecule has 3 aliphatic rings. The maximum absolute atomic E-state index is 12.4. The SMILES string of the molecule is C.CC(C)(C)OC(=O)Cl.CC[SiH](CC)CC.CN(C(=O)OCc1ccccc1)[C@H](CO)CCCN1C(=O)c2ccccc2C1=O.O=C1OCN(C(=O)OCc2ccccc2)[C@H]1CCCN1C(=O)c2ccccc2C1=O.S.S. The van der Waals surface area contributed by atoms with Gasteiger partial charge in [-0.1, -0.05) is 131 Å². The van der Waals surface area contributed by atoms with Crippen LogP contribution in [0.2, 0.25) is 18.1 Å². The molecule has 0 bridgehead atoms. The monoisotopic (exact) mass is 1140 g/mol. The number of amides is 6. The van der Waals surface area contributed by atoms with Gasteiger partial charge in [0.15, 0.2) is 6.73 Å². The van der Waals surface area contributed by atoms with Crippen molar-refractivity contribution in [2.24, 2.45) is 0 Å². The highest BCUT2D eigenvalue weighted by Crippen LogP contribution is 2.26. The summed E-state index contributed by atoms with van der Waals surface area (Å²) in [5.41, 5.74) is 2.09. The number of cyclic esters (lactones) is 1. The molecule has 1 N–H and O–H groups in total. The summed E-state index contributed by atoms with van der Waals surface area (Å²) in [7, 11) is 1.39. The number of ether oxygens (including phenoxy) is 4. The topological polar surface area (TPSA) is 207 Å². The molecule has 0 aromatic heterocycles. The van der Waals surface area contributed by atoms with Gasteiger partial charge in [0.1, 0.15) is 24.9 Å². The van der Waals surface area contributed by atoms with Crippen molar-refractivity contribution in [2.75, 3.05) is 33.5 Å². The molecule has 0 aliphatic carbocycles. The lowest BCUT2D eigenvalue weighted by atomic mass is 10.1. The van der Waals surface area contributed by atoms with Crippen LogP contribution >= 0.6 is 38.6 Å². The molecule has 17 nitrogen and oxygen atoms in total. The van der Waals surface area contributed by atoms with Crippen LogP contribution < -0.4 is 0 Å². The summed E-state index contributed by atoms with van der Waals surface area (Å²) in [5.74, 6) is -1.81. The molecule has 3 heterocycles. The first-order valence-corrected chi connectivity index (χ1v) is 27.6. The van der Waals surface area contributed by atoms with Gasteiger partial charge in [-0.15, -0.1) is 0 Å². The van der Waals surface area contributed by atoms with Crippen molar-refractivity contribution in [2.45, 2.75) is 124 Å². The van der Waals surface area contributed by atoms with E-state index in [1.807, 2.05) is 60.7 Å². The van der Waals surface area contributed by atoms with Crippen molar-refractivity contribution < 1.29 is 62.4 Å². The number of likely N-dealkylation sites (N-methyl/N-ethyl adjacent to an activating group) is 1. The Morgan fingerprint density at radius 1 is 0.688 bits per heavy atom. The Bertz CT molecular complexity index is 2460. The number of carbonyl (C=O) groups is 8. The summed E-state index contributed by atoms with van der Waals surface area (Å²) in [6.07, 6.45) is 0.331. The molecule has 2 atom stereocenters. The summed E-state index contributed by atoms with van der Waals surface area (Å²) < 4.78 is 20.1. The highest BCUT2D eigenvalue weighted by molar-refractivity contribution is 7.59. The summed E-state index contributed by atoms with van der Waals surface area (Å²) >= 11 is 4.90. The number of carbonyl (C=O) groups excluding carboxylic acids is 8. The fourth-order valence-electron chi connectivity index (χ4n) is 8.00. The number of nitrogens with zero attached hydrogens (tertiary/aromatic N) is 4. The van der Waals surface area contributed by atoms with Gasteiger partial charge in [0.2, 0.25) is 0 Å². The van der Waals surface area contributed by atoms with Gasteiger partial charge in [-0.3, -0.25) is 33.9 Å². The van der Waals surface area contributed by atoms with E-state index in [1.54, 1.807) is 76.3 Å². The molecular formula is C56H77ClN4O13S2Si.